The van der Waals surface area contributed by atoms with Gasteiger partial charge in [0.1, 0.15) is 0 Å². The number of hydrogen-bond acceptors (Lipinski definition) is 2. The fourth-order valence-corrected chi connectivity index (χ4v) is 10.1. The minimum Gasteiger partial charge on any atom is -0.308 e. The molecule has 11 rings (SSSR count). The van der Waals surface area contributed by atoms with Crippen LogP contribution in [0.4, 0.5) is 17.1 Å². The molecule has 11 aromatic rings. The van der Waals surface area contributed by atoms with E-state index in [0.717, 1.165) is 17.1 Å². The Morgan fingerprint density at radius 3 is 1.57 bits per heavy atom. The third kappa shape index (κ3) is 5.86. The molecular formula is C56H37NS. The summed E-state index contributed by atoms with van der Waals surface area (Å²) in [4.78, 5) is 2.50. The molecule has 0 fully saturated rings. The Morgan fingerprint density at radius 1 is 0.293 bits per heavy atom. The molecule has 0 aliphatic carbocycles. The minimum absolute atomic E-state index is 1.11. The zero-order chi connectivity index (χ0) is 38.4. The number of anilines is 3. The molecule has 0 atom stereocenters. The van der Waals surface area contributed by atoms with Crippen LogP contribution in [0.2, 0.25) is 0 Å². The quantitative estimate of drug-likeness (QED) is 0.157. The first-order chi connectivity index (χ1) is 28.8. The Hall–Kier alpha value is -7.26. The van der Waals surface area contributed by atoms with Gasteiger partial charge in [-0.05, 0) is 91.0 Å². The summed E-state index contributed by atoms with van der Waals surface area (Å²) in [6.45, 7) is 0. The lowest BCUT2D eigenvalue weighted by atomic mass is 9.95. The van der Waals surface area contributed by atoms with Gasteiger partial charge in [0.2, 0.25) is 0 Å². The van der Waals surface area contributed by atoms with Crippen LogP contribution in [0.1, 0.15) is 0 Å². The fourth-order valence-electron chi connectivity index (χ4n) is 8.70. The SMILES string of the molecule is c1ccc(-c2ccc(N(c3ccc(-c4ccc5ccccc5c4)cc3)c3ccc(-c4ccccc4)c4c3sc3c(-c5ccccc5)cccc34)c3ccccc23)cc1. The van der Waals surface area contributed by atoms with Crippen molar-refractivity contribution in [3.05, 3.63) is 224 Å². The number of benzene rings is 10. The third-order valence-electron chi connectivity index (χ3n) is 11.5. The van der Waals surface area contributed by atoms with Crippen LogP contribution in [0.3, 0.4) is 0 Å². The Kier molecular flexibility index (Phi) is 8.42. The Balaban J connectivity index is 1.18. The molecule has 1 aromatic heterocycles. The lowest BCUT2D eigenvalue weighted by Crippen LogP contribution is -2.11. The van der Waals surface area contributed by atoms with Crippen LogP contribution in [-0.2, 0) is 0 Å². The first-order valence-corrected chi connectivity index (χ1v) is 20.7. The smallest absolute Gasteiger partial charge is 0.0641 e. The second-order valence-electron chi connectivity index (χ2n) is 14.8. The summed E-state index contributed by atoms with van der Waals surface area (Å²) >= 11 is 1.90. The highest BCUT2D eigenvalue weighted by Gasteiger charge is 2.24. The van der Waals surface area contributed by atoms with Gasteiger partial charge in [-0.15, -0.1) is 11.3 Å². The van der Waals surface area contributed by atoms with Gasteiger partial charge in [0.25, 0.3) is 0 Å². The van der Waals surface area contributed by atoms with E-state index in [2.05, 4.69) is 229 Å². The molecule has 0 aliphatic rings. The second-order valence-corrected chi connectivity index (χ2v) is 15.9. The number of fused-ring (bicyclic) bond motifs is 5. The van der Waals surface area contributed by atoms with Gasteiger partial charge in [0, 0.05) is 26.5 Å². The molecule has 272 valence electrons. The average molecular weight is 756 g/mol. The van der Waals surface area contributed by atoms with Crippen LogP contribution in [0.5, 0.6) is 0 Å². The van der Waals surface area contributed by atoms with Gasteiger partial charge in [0.15, 0.2) is 0 Å². The Bertz CT molecular complexity index is 3260. The van der Waals surface area contributed by atoms with Gasteiger partial charge in [-0.1, -0.05) is 194 Å². The molecular weight excluding hydrogens is 719 g/mol. The van der Waals surface area contributed by atoms with Crippen molar-refractivity contribution in [2.24, 2.45) is 0 Å². The largest absolute Gasteiger partial charge is 0.308 e. The van der Waals surface area contributed by atoms with Gasteiger partial charge in [0.05, 0.1) is 16.1 Å². The number of nitrogens with zero attached hydrogens (tertiary/aromatic N) is 1. The minimum atomic E-state index is 1.11. The standard InChI is InChI=1S/C56H37NS/c1-4-16-40(17-5-1)46-33-35-52(50-24-13-12-23-49(46)50)57(45-31-29-39(30-32-45)44-28-27-38-15-10-11-22-43(38)37-44)53-36-34-47(41-18-6-2-7-19-41)54-51-26-14-25-48(55(51)58-56(53)54)42-20-8-3-9-21-42/h1-37H. The van der Waals surface area contributed by atoms with Gasteiger partial charge in [-0.25, -0.2) is 0 Å². The predicted octanol–water partition coefficient (Wildman–Crippen LogP) is 16.5. The maximum atomic E-state index is 2.50. The summed E-state index contributed by atoms with van der Waals surface area (Å²) in [5.74, 6) is 0. The summed E-state index contributed by atoms with van der Waals surface area (Å²) in [6.07, 6.45) is 0. The summed E-state index contributed by atoms with van der Waals surface area (Å²) < 4.78 is 2.55. The third-order valence-corrected chi connectivity index (χ3v) is 12.7. The lowest BCUT2D eigenvalue weighted by Gasteiger charge is -2.28. The molecule has 0 radical (unpaired) electrons. The fraction of sp³-hybridized carbons (Fsp3) is 0. The van der Waals surface area contributed by atoms with Crippen molar-refractivity contribution in [2.45, 2.75) is 0 Å². The summed E-state index contributed by atoms with van der Waals surface area (Å²) in [5.41, 5.74) is 13.2. The van der Waals surface area contributed by atoms with E-state index >= 15 is 0 Å². The molecule has 58 heavy (non-hydrogen) atoms. The molecule has 0 unspecified atom stereocenters. The van der Waals surface area contributed by atoms with Crippen LogP contribution in [-0.4, -0.2) is 0 Å². The average Bonchev–Trinajstić information content (AvgIpc) is 3.70. The highest BCUT2D eigenvalue weighted by molar-refractivity contribution is 7.27. The van der Waals surface area contributed by atoms with Crippen molar-refractivity contribution in [3.8, 4) is 44.5 Å². The van der Waals surface area contributed by atoms with Crippen molar-refractivity contribution in [1.29, 1.82) is 0 Å². The van der Waals surface area contributed by atoms with E-state index in [0.29, 0.717) is 0 Å². The van der Waals surface area contributed by atoms with Crippen LogP contribution in [0, 0.1) is 0 Å². The molecule has 0 amide bonds. The van der Waals surface area contributed by atoms with E-state index in [9.17, 15) is 0 Å². The number of thiophene rings is 1. The topological polar surface area (TPSA) is 3.24 Å². The molecule has 0 N–H and O–H groups in total. The van der Waals surface area contributed by atoms with Crippen LogP contribution in [0.15, 0.2) is 224 Å². The van der Waals surface area contributed by atoms with E-state index in [-0.39, 0.29) is 0 Å². The van der Waals surface area contributed by atoms with E-state index in [4.69, 9.17) is 0 Å². The van der Waals surface area contributed by atoms with E-state index < -0.39 is 0 Å². The van der Waals surface area contributed by atoms with Gasteiger partial charge in [-0.3, -0.25) is 0 Å². The molecule has 10 aromatic carbocycles. The van der Waals surface area contributed by atoms with E-state index in [1.165, 1.54) is 86.2 Å². The van der Waals surface area contributed by atoms with Crippen LogP contribution < -0.4 is 4.90 Å². The molecule has 0 saturated carbocycles. The summed E-state index contributed by atoms with van der Waals surface area (Å²) in [7, 11) is 0. The Labute approximate surface area is 342 Å². The lowest BCUT2D eigenvalue weighted by molar-refractivity contribution is 1.32. The number of rotatable bonds is 7. The molecule has 0 aliphatic heterocycles. The maximum absolute atomic E-state index is 2.50. The maximum Gasteiger partial charge on any atom is 0.0641 e. The molecule has 0 bridgehead atoms. The molecule has 0 saturated heterocycles. The predicted molar refractivity (Wildman–Crippen MR) is 251 cm³/mol. The van der Waals surface area contributed by atoms with Crippen molar-refractivity contribution < 1.29 is 0 Å². The normalized spacial score (nSPS) is 11.4. The van der Waals surface area contributed by atoms with E-state index in [1.807, 2.05) is 11.3 Å². The van der Waals surface area contributed by atoms with Crippen LogP contribution >= 0.6 is 11.3 Å². The molecule has 1 heterocycles. The first kappa shape index (κ1) is 34.0. The van der Waals surface area contributed by atoms with Crippen molar-refractivity contribution in [1.82, 2.24) is 0 Å². The van der Waals surface area contributed by atoms with Gasteiger partial charge >= 0.3 is 0 Å². The van der Waals surface area contributed by atoms with Crippen molar-refractivity contribution >= 4 is 70.1 Å². The summed E-state index contributed by atoms with van der Waals surface area (Å²) in [6, 6.07) is 81.9. The Morgan fingerprint density at radius 2 is 0.845 bits per heavy atom. The van der Waals surface area contributed by atoms with Crippen molar-refractivity contribution in [2.75, 3.05) is 4.90 Å². The summed E-state index contributed by atoms with van der Waals surface area (Å²) in [5, 5.41) is 7.48. The van der Waals surface area contributed by atoms with Gasteiger partial charge < -0.3 is 4.90 Å². The van der Waals surface area contributed by atoms with E-state index in [1.54, 1.807) is 0 Å². The monoisotopic (exact) mass is 755 g/mol. The molecule has 1 nitrogen and oxygen atoms in total. The second kappa shape index (κ2) is 14.4. The van der Waals surface area contributed by atoms with Crippen molar-refractivity contribution in [3.63, 3.8) is 0 Å². The highest BCUT2D eigenvalue weighted by atomic mass is 32.1. The zero-order valence-corrected chi connectivity index (χ0v) is 32.5. The van der Waals surface area contributed by atoms with Gasteiger partial charge in [-0.2, -0.15) is 0 Å². The molecule has 2 heteroatoms. The number of hydrogen-bond donors (Lipinski definition) is 0. The first-order valence-electron chi connectivity index (χ1n) is 19.8. The zero-order valence-electron chi connectivity index (χ0n) is 31.7. The van der Waals surface area contributed by atoms with Crippen LogP contribution in [0.25, 0.3) is 86.2 Å². The molecule has 0 spiro atoms. The highest BCUT2D eigenvalue weighted by Crippen LogP contribution is 2.51.